The maximum absolute atomic E-state index is 12.5. The third-order valence-electron chi connectivity index (χ3n) is 4.90. The number of hydrogen-bond acceptors (Lipinski definition) is 4. The van der Waals surface area contributed by atoms with Gasteiger partial charge < -0.3 is 10.0 Å². The van der Waals surface area contributed by atoms with Crippen molar-refractivity contribution in [2.24, 2.45) is 11.8 Å². The summed E-state index contributed by atoms with van der Waals surface area (Å²) < 4.78 is 0. The van der Waals surface area contributed by atoms with Crippen LogP contribution in [-0.4, -0.2) is 47.1 Å². The predicted molar refractivity (Wildman–Crippen MR) is 112 cm³/mol. The molecule has 1 saturated heterocycles. The van der Waals surface area contributed by atoms with Crippen LogP contribution in [0, 0.1) is 11.8 Å². The van der Waals surface area contributed by atoms with Crippen LogP contribution in [0.4, 0.5) is 0 Å². The van der Waals surface area contributed by atoms with Crippen LogP contribution in [0.2, 0.25) is 0 Å². The van der Waals surface area contributed by atoms with E-state index in [0.717, 1.165) is 11.3 Å². The molecule has 0 spiro atoms. The molecule has 1 aromatic carbocycles. The number of carbonyl (C=O) groups is 2. The van der Waals surface area contributed by atoms with E-state index in [4.69, 9.17) is 5.11 Å². The Morgan fingerprint density at radius 1 is 1.26 bits per heavy atom. The van der Waals surface area contributed by atoms with Gasteiger partial charge in [-0.3, -0.25) is 9.59 Å². The van der Waals surface area contributed by atoms with E-state index < -0.39 is 0 Å². The van der Waals surface area contributed by atoms with Crippen molar-refractivity contribution in [1.29, 1.82) is 0 Å². The first-order chi connectivity index (χ1) is 13.0. The van der Waals surface area contributed by atoms with E-state index in [1.807, 2.05) is 40.9 Å². The Bertz CT molecular complexity index is 649. The van der Waals surface area contributed by atoms with Gasteiger partial charge in [-0.15, -0.1) is 11.8 Å². The Kier molecular flexibility index (Phi) is 9.08. The minimum atomic E-state index is -0.0880. The van der Waals surface area contributed by atoms with Crippen molar-refractivity contribution in [3.8, 4) is 0 Å². The molecular weight excluding hydrogens is 358 g/mol. The highest BCUT2D eigenvalue weighted by Crippen LogP contribution is 2.26. The Labute approximate surface area is 167 Å². The van der Waals surface area contributed by atoms with Crippen LogP contribution in [0.3, 0.4) is 0 Å². The molecule has 1 heterocycles. The van der Waals surface area contributed by atoms with Gasteiger partial charge in [-0.1, -0.05) is 32.0 Å². The van der Waals surface area contributed by atoms with Crippen molar-refractivity contribution >= 4 is 29.5 Å². The second kappa shape index (κ2) is 11.3. The van der Waals surface area contributed by atoms with E-state index in [2.05, 4.69) is 19.9 Å². The van der Waals surface area contributed by atoms with Gasteiger partial charge in [0, 0.05) is 43.0 Å². The zero-order chi connectivity index (χ0) is 19.6. The lowest BCUT2D eigenvalue weighted by atomic mass is 9.91. The third kappa shape index (κ3) is 7.15. The van der Waals surface area contributed by atoms with Gasteiger partial charge in [0.2, 0.25) is 5.91 Å². The van der Waals surface area contributed by atoms with Crippen LogP contribution in [-0.2, 0) is 9.59 Å². The number of amides is 1. The summed E-state index contributed by atoms with van der Waals surface area (Å²) in [5, 5.41) is 8.89. The van der Waals surface area contributed by atoms with E-state index in [9.17, 15) is 9.59 Å². The molecule has 27 heavy (non-hydrogen) atoms. The number of nitrogens with zero attached hydrogens (tertiary/aromatic N) is 1. The van der Waals surface area contributed by atoms with Gasteiger partial charge >= 0.3 is 0 Å². The van der Waals surface area contributed by atoms with E-state index in [-0.39, 0.29) is 30.6 Å². The Balaban J connectivity index is 1.89. The number of piperidine rings is 1. The van der Waals surface area contributed by atoms with Gasteiger partial charge in [-0.05, 0) is 48.6 Å². The second-order valence-electron chi connectivity index (χ2n) is 7.44. The van der Waals surface area contributed by atoms with E-state index in [1.165, 1.54) is 11.3 Å². The topological polar surface area (TPSA) is 57.6 Å². The quantitative estimate of drug-likeness (QED) is 0.512. The number of rotatable bonds is 9. The van der Waals surface area contributed by atoms with Crippen LogP contribution in [0.15, 0.2) is 35.2 Å². The molecular formula is C22H31NO3S. The molecule has 5 heteroatoms. The standard InChI is InChI=1S/C22H31NO3S/c1-17(2)12-16-27-21-6-4-3-5-19(21)7-8-22(26)23-13-9-18(10-14-23)20(25)11-15-24/h3-8,17-18,24H,9-16H2,1-2H3/b8-7+. The normalized spacial score (nSPS) is 15.6. The second-order valence-corrected chi connectivity index (χ2v) is 8.58. The van der Waals surface area contributed by atoms with Crippen molar-refractivity contribution in [3.63, 3.8) is 0 Å². The number of benzene rings is 1. The van der Waals surface area contributed by atoms with Gasteiger partial charge in [0.1, 0.15) is 5.78 Å². The van der Waals surface area contributed by atoms with Crippen molar-refractivity contribution in [3.05, 3.63) is 35.9 Å². The molecule has 1 N–H and O–H groups in total. The number of ketones is 1. The summed E-state index contributed by atoms with van der Waals surface area (Å²) in [5.74, 6) is 1.88. The summed E-state index contributed by atoms with van der Waals surface area (Å²) in [5.41, 5.74) is 1.08. The zero-order valence-corrected chi connectivity index (χ0v) is 17.2. The lowest BCUT2D eigenvalue weighted by Crippen LogP contribution is -2.39. The van der Waals surface area contributed by atoms with Crippen molar-refractivity contribution in [1.82, 2.24) is 4.90 Å². The molecule has 0 unspecified atom stereocenters. The van der Waals surface area contributed by atoms with Gasteiger partial charge in [0.25, 0.3) is 0 Å². The highest BCUT2D eigenvalue weighted by atomic mass is 32.2. The fourth-order valence-electron chi connectivity index (χ4n) is 3.16. The van der Waals surface area contributed by atoms with E-state index in [0.29, 0.717) is 31.8 Å². The van der Waals surface area contributed by atoms with Crippen LogP contribution in [0.5, 0.6) is 0 Å². The molecule has 0 saturated carbocycles. The average molecular weight is 390 g/mol. The van der Waals surface area contributed by atoms with Crippen molar-refractivity contribution in [2.45, 2.75) is 44.4 Å². The predicted octanol–water partition coefficient (Wildman–Crippen LogP) is 4.03. The maximum atomic E-state index is 12.5. The molecule has 1 aliphatic rings. The first-order valence-electron chi connectivity index (χ1n) is 9.83. The number of hydrogen-bond donors (Lipinski definition) is 1. The molecule has 0 bridgehead atoms. The van der Waals surface area contributed by atoms with E-state index >= 15 is 0 Å². The number of aliphatic hydroxyl groups is 1. The number of likely N-dealkylation sites (tertiary alicyclic amines) is 1. The molecule has 148 valence electrons. The highest BCUT2D eigenvalue weighted by Gasteiger charge is 2.25. The van der Waals surface area contributed by atoms with Crippen LogP contribution in [0.25, 0.3) is 6.08 Å². The molecule has 4 nitrogen and oxygen atoms in total. The summed E-state index contributed by atoms with van der Waals surface area (Å²) in [6, 6.07) is 8.18. The van der Waals surface area contributed by atoms with Crippen LogP contribution < -0.4 is 0 Å². The third-order valence-corrected chi connectivity index (χ3v) is 6.02. The number of carbonyl (C=O) groups excluding carboxylic acids is 2. The van der Waals surface area contributed by atoms with E-state index in [1.54, 1.807) is 6.08 Å². The first kappa shape index (κ1) is 21.7. The minimum Gasteiger partial charge on any atom is -0.396 e. The fraction of sp³-hybridized carbons (Fsp3) is 0.545. The summed E-state index contributed by atoms with van der Waals surface area (Å²) in [7, 11) is 0. The Morgan fingerprint density at radius 2 is 1.96 bits per heavy atom. The lowest BCUT2D eigenvalue weighted by molar-refractivity contribution is -0.131. The molecule has 2 rings (SSSR count). The SMILES string of the molecule is CC(C)CCSc1ccccc1/C=C/C(=O)N1CCC(C(=O)CCO)CC1. The maximum Gasteiger partial charge on any atom is 0.246 e. The largest absolute Gasteiger partial charge is 0.396 e. The van der Waals surface area contributed by atoms with Gasteiger partial charge in [-0.25, -0.2) is 0 Å². The molecule has 1 amide bonds. The molecule has 0 aliphatic carbocycles. The molecule has 1 fully saturated rings. The lowest BCUT2D eigenvalue weighted by Gasteiger charge is -2.30. The van der Waals surface area contributed by atoms with Crippen molar-refractivity contribution in [2.75, 3.05) is 25.4 Å². The smallest absolute Gasteiger partial charge is 0.246 e. The fourth-order valence-corrected chi connectivity index (χ4v) is 4.44. The molecule has 1 aliphatic heterocycles. The molecule has 0 aromatic heterocycles. The Morgan fingerprint density at radius 3 is 2.63 bits per heavy atom. The summed E-state index contributed by atoms with van der Waals surface area (Å²) >= 11 is 1.84. The Hall–Kier alpha value is -1.59. The summed E-state index contributed by atoms with van der Waals surface area (Å²) in [6.45, 7) is 5.58. The molecule has 0 atom stereocenters. The van der Waals surface area contributed by atoms with Gasteiger partial charge in [0.15, 0.2) is 0 Å². The van der Waals surface area contributed by atoms with Crippen molar-refractivity contribution < 1.29 is 14.7 Å². The highest BCUT2D eigenvalue weighted by molar-refractivity contribution is 7.99. The van der Waals surface area contributed by atoms with Crippen LogP contribution in [0.1, 0.15) is 45.1 Å². The monoisotopic (exact) mass is 389 g/mol. The first-order valence-corrected chi connectivity index (χ1v) is 10.8. The average Bonchev–Trinajstić information content (AvgIpc) is 2.67. The van der Waals surface area contributed by atoms with Gasteiger partial charge in [0.05, 0.1) is 0 Å². The van der Waals surface area contributed by atoms with Gasteiger partial charge in [-0.2, -0.15) is 0 Å². The number of Topliss-reactive ketones (excluding diaryl/α,β-unsaturated/α-hetero) is 1. The molecule has 0 radical (unpaired) electrons. The zero-order valence-electron chi connectivity index (χ0n) is 16.4. The summed E-state index contributed by atoms with van der Waals surface area (Å²) in [4.78, 5) is 27.4. The molecule has 1 aromatic rings. The van der Waals surface area contributed by atoms with Crippen LogP contribution >= 0.6 is 11.8 Å². The number of aliphatic hydroxyl groups excluding tert-OH is 1. The minimum absolute atomic E-state index is 0.00467. The number of thioether (sulfide) groups is 1. The summed E-state index contributed by atoms with van der Waals surface area (Å²) in [6.07, 6.45) is 6.34.